The van der Waals surface area contributed by atoms with Gasteiger partial charge in [0, 0.05) is 53.1 Å². The van der Waals surface area contributed by atoms with Crippen LogP contribution in [0.5, 0.6) is 0 Å². The van der Waals surface area contributed by atoms with Crippen molar-refractivity contribution in [1.29, 1.82) is 0 Å². The van der Waals surface area contributed by atoms with Gasteiger partial charge in [-0.05, 0) is 65.2 Å². The molecule has 1 aromatic heterocycles. The van der Waals surface area contributed by atoms with E-state index in [0.29, 0.717) is 46.3 Å². The Balaban J connectivity index is 1.70. The second-order valence-electron chi connectivity index (χ2n) is 9.07. The summed E-state index contributed by atoms with van der Waals surface area (Å²) in [6.45, 7) is 0.0574. The van der Waals surface area contributed by atoms with Crippen LogP contribution < -0.4 is 10.6 Å². The number of H-pyrrole nitrogens is 1. The van der Waals surface area contributed by atoms with Crippen molar-refractivity contribution >= 4 is 29.1 Å². The Labute approximate surface area is 228 Å². The zero-order valence-corrected chi connectivity index (χ0v) is 21.1. The van der Waals surface area contributed by atoms with E-state index in [0.717, 1.165) is 0 Å². The van der Waals surface area contributed by atoms with Gasteiger partial charge in [0.2, 0.25) is 0 Å². The summed E-state index contributed by atoms with van der Waals surface area (Å²) >= 11 is 6.43. The molecule has 5 rings (SSSR count). The highest BCUT2D eigenvalue weighted by atomic mass is 35.5. The number of aromatic amines is 1. The van der Waals surface area contributed by atoms with Gasteiger partial charge in [-0.3, -0.25) is 4.79 Å². The van der Waals surface area contributed by atoms with Gasteiger partial charge in [0.1, 0.15) is 29.1 Å². The lowest BCUT2D eigenvalue weighted by Gasteiger charge is -2.24. The average Bonchev–Trinajstić information content (AvgIpc) is 3.38. The van der Waals surface area contributed by atoms with Gasteiger partial charge in [0.15, 0.2) is 0 Å². The highest BCUT2D eigenvalue weighted by Crippen LogP contribution is 2.41. The zero-order valence-electron chi connectivity index (χ0n) is 20.3. The average molecular weight is 573 g/mol. The lowest BCUT2D eigenvalue weighted by molar-refractivity contribution is -0.137. The molecule has 3 N–H and O–H groups in total. The highest BCUT2D eigenvalue weighted by Gasteiger charge is 2.33. The molecule has 12 heteroatoms. The molecule has 4 aromatic rings. The second-order valence-corrected chi connectivity index (χ2v) is 9.48. The van der Waals surface area contributed by atoms with Crippen molar-refractivity contribution in [1.82, 2.24) is 15.3 Å². The lowest BCUT2D eigenvalue weighted by atomic mass is 9.85. The first-order valence-electron chi connectivity index (χ1n) is 11.8. The molecule has 2 heterocycles. The number of amides is 1. The third kappa shape index (κ3) is 5.47. The molecule has 1 amide bonds. The van der Waals surface area contributed by atoms with Crippen molar-refractivity contribution in [2.24, 2.45) is 0 Å². The van der Waals surface area contributed by atoms with Crippen LogP contribution in [0.4, 0.5) is 27.6 Å². The molecule has 0 fully saturated rings. The summed E-state index contributed by atoms with van der Waals surface area (Å²) in [7, 11) is 0. The minimum atomic E-state index is -4.88. The number of carbonyl (C=O) groups excluding carboxylic acids is 2. The maximum atomic E-state index is 14.3. The first-order chi connectivity index (χ1) is 19.0. The zero-order chi connectivity index (χ0) is 28.6. The Bertz CT molecular complexity index is 1660. The molecule has 3 aromatic carbocycles. The van der Waals surface area contributed by atoms with E-state index in [1.54, 1.807) is 12.3 Å². The molecule has 6 nitrogen and oxygen atoms in total. The number of carbonyl (C=O) groups is 1. The van der Waals surface area contributed by atoms with Crippen molar-refractivity contribution in [2.45, 2.75) is 18.5 Å². The number of nitrogens with zero attached hydrogens (tertiary/aromatic N) is 1. The van der Waals surface area contributed by atoms with Crippen LogP contribution in [0.25, 0.3) is 11.4 Å². The third-order valence-electron chi connectivity index (χ3n) is 6.46. The number of anilines is 1. The Morgan fingerprint density at radius 3 is 2.58 bits per heavy atom. The Kier molecular flexibility index (Phi) is 7.18. The number of rotatable bonds is 4. The van der Waals surface area contributed by atoms with Crippen LogP contribution in [0.3, 0.4) is 0 Å². The number of hydrogen-bond acceptors (Lipinski definition) is 4. The topological polar surface area (TPSA) is 86.9 Å². The molecule has 0 saturated heterocycles. The summed E-state index contributed by atoms with van der Waals surface area (Å²) in [4.78, 5) is 32.1. The fourth-order valence-electron chi connectivity index (χ4n) is 4.71. The number of fused-ring (bicyclic) bond motifs is 1. The van der Waals surface area contributed by atoms with E-state index in [1.807, 2.05) is 5.94 Å². The van der Waals surface area contributed by atoms with E-state index in [1.165, 1.54) is 30.5 Å². The van der Waals surface area contributed by atoms with Gasteiger partial charge in [-0.15, -0.1) is 0 Å². The summed E-state index contributed by atoms with van der Waals surface area (Å²) in [6, 6.07) is 8.56. The minimum Gasteiger partial charge on any atom is -0.378 e. The van der Waals surface area contributed by atoms with Crippen LogP contribution in [0.1, 0.15) is 38.5 Å². The van der Waals surface area contributed by atoms with Crippen molar-refractivity contribution in [2.75, 3.05) is 11.9 Å². The summed E-state index contributed by atoms with van der Waals surface area (Å²) in [5.41, 5.74) is 0.199. The molecule has 204 valence electrons. The number of nitrogens with one attached hydrogen (secondary N) is 3. The van der Waals surface area contributed by atoms with Crippen LogP contribution in [0.15, 0.2) is 66.6 Å². The van der Waals surface area contributed by atoms with Gasteiger partial charge >= 0.3 is 6.18 Å². The molecular formula is C28H18ClF5N4O2. The SMILES string of the molecule is O=C=C1Cc2cc(-c3ncc[nH]3)cc(NC(=O)c3cc(F)cc(C(F)(F)F)c3)c2C(c2cc(F)ccc2Cl)CN1. The van der Waals surface area contributed by atoms with E-state index in [2.05, 4.69) is 20.6 Å². The van der Waals surface area contributed by atoms with Gasteiger partial charge < -0.3 is 15.6 Å². The van der Waals surface area contributed by atoms with Crippen LogP contribution in [0.2, 0.25) is 5.02 Å². The quantitative estimate of drug-likeness (QED) is 0.199. The first-order valence-corrected chi connectivity index (χ1v) is 12.2. The standard InChI is InChI=1S/C28H18ClF5N4O2/c29-23-2-1-18(30)11-21(23)22-12-37-20(13-39)8-14-5-15(26-35-3-4-36-26)9-24(25(14)22)38-27(40)16-6-17(28(32,33)34)10-19(31)7-16/h1-7,9-11,22,37H,8,12H2,(H,35,36)(H,38,40). The molecule has 0 aliphatic carbocycles. The molecule has 0 spiro atoms. The summed E-state index contributed by atoms with van der Waals surface area (Å²) in [5, 5.41) is 5.79. The maximum absolute atomic E-state index is 14.3. The number of halogens is 6. The molecule has 1 atom stereocenters. The molecule has 0 bridgehead atoms. The fraction of sp³-hybridized carbons (Fsp3) is 0.143. The van der Waals surface area contributed by atoms with Crippen molar-refractivity contribution in [3.05, 3.63) is 111 Å². The normalized spacial score (nSPS) is 15.1. The van der Waals surface area contributed by atoms with Crippen LogP contribution >= 0.6 is 11.6 Å². The predicted octanol–water partition coefficient (Wildman–Crippen LogP) is 6.27. The molecule has 0 radical (unpaired) electrons. The van der Waals surface area contributed by atoms with Crippen LogP contribution in [-0.4, -0.2) is 28.4 Å². The van der Waals surface area contributed by atoms with E-state index < -0.39 is 40.8 Å². The molecular weight excluding hydrogens is 555 g/mol. The van der Waals surface area contributed by atoms with E-state index in [4.69, 9.17) is 11.6 Å². The Morgan fingerprint density at radius 2 is 1.88 bits per heavy atom. The summed E-state index contributed by atoms with van der Waals surface area (Å²) in [6.07, 6.45) is -1.77. The van der Waals surface area contributed by atoms with Crippen molar-refractivity contribution in [3.63, 3.8) is 0 Å². The number of aromatic nitrogens is 2. The number of alkyl halides is 3. The monoisotopic (exact) mass is 572 g/mol. The second kappa shape index (κ2) is 10.6. The molecule has 1 unspecified atom stereocenters. The van der Waals surface area contributed by atoms with Gasteiger partial charge in [-0.25, -0.2) is 18.6 Å². The lowest BCUT2D eigenvalue weighted by Crippen LogP contribution is -2.22. The van der Waals surface area contributed by atoms with E-state index in [-0.39, 0.29) is 29.4 Å². The molecule has 1 aliphatic heterocycles. The summed E-state index contributed by atoms with van der Waals surface area (Å²) < 4.78 is 68.3. The first kappa shape index (κ1) is 27.1. The smallest absolute Gasteiger partial charge is 0.378 e. The number of allylic oxidation sites excluding steroid dienone is 1. The number of imidazole rings is 1. The van der Waals surface area contributed by atoms with E-state index in [9.17, 15) is 31.5 Å². The minimum absolute atomic E-state index is 0.0396. The largest absolute Gasteiger partial charge is 0.416 e. The van der Waals surface area contributed by atoms with Crippen molar-refractivity contribution < 1.29 is 31.5 Å². The van der Waals surface area contributed by atoms with Gasteiger partial charge in [0.05, 0.1) is 5.56 Å². The molecule has 0 saturated carbocycles. The van der Waals surface area contributed by atoms with Crippen molar-refractivity contribution in [3.8, 4) is 11.4 Å². The van der Waals surface area contributed by atoms with Gasteiger partial charge in [0.25, 0.3) is 5.91 Å². The Hall–Kier alpha value is -4.47. The molecule has 1 aliphatic rings. The van der Waals surface area contributed by atoms with Crippen LogP contribution in [0, 0.1) is 11.6 Å². The molecule has 40 heavy (non-hydrogen) atoms. The number of benzene rings is 3. The third-order valence-corrected chi connectivity index (χ3v) is 6.81. The maximum Gasteiger partial charge on any atom is 0.416 e. The Morgan fingerprint density at radius 1 is 1.07 bits per heavy atom. The highest BCUT2D eigenvalue weighted by molar-refractivity contribution is 6.31. The van der Waals surface area contributed by atoms with E-state index >= 15 is 0 Å². The fourth-order valence-corrected chi connectivity index (χ4v) is 4.96. The van der Waals surface area contributed by atoms with Gasteiger partial charge in [-0.2, -0.15) is 13.2 Å². The summed E-state index contributed by atoms with van der Waals surface area (Å²) in [5.74, 6) is -1.31. The number of hydrogen-bond donors (Lipinski definition) is 3. The van der Waals surface area contributed by atoms with Crippen LogP contribution in [-0.2, 0) is 17.4 Å². The predicted molar refractivity (Wildman–Crippen MR) is 138 cm³/mol. The van der Waals surface area contributed by atoms with Gasteiger partial charge in [-0.1, -0.05) is 11.6 Å².